The zero-order valence-corrected chi connectivity index (χ0v) is 16.8. The molecule has 6 rings (SSSR count). The van der Waals surface area contributed by atoms with Crippen LogP contribution in [0, 0.1) is 0 Å². The first-order chi connectivity index (χ1) is 15.2. The first kappa shape index (κ1) is 18.2. The predicted molar refractivity (Wildman–Crippen MR) is 113 cm³/mol. The number of halogens is 1. The SMILES string of the molecule is O=C1N(Cc2ccccc2CF)c2ccccc2C12COc1cc3c(cc12)OCCO3. The Kier molecular flexibility index (Phi) is 3.96. The maximum absolute atomic E-state index is 14.0. The maximum atomic E-state index is 14.0. The minimum atomic E-state index is -0.952. The Morgan fingerprint density at radius 2 is 1.55 bits per heavy atom. The Balaban J connectivity index is 1.49. The van der Waals surface area contributed by atoms with Crippen molar-refractivity contribution >= 4 is 11.6 Å². The van der Waals surface area contributed by atoms with Crippen molar-refractivity contribution in [3.05, 3.63) is 82.9 Å². The molecule has 0 aliphatic carbocycles. The minimum Gasteiger partial charge on any atom is -0.491 e. The van der Waals surface area contributed by atoms with Gasteiger partial charge >= 0.3 is 0 Å². The molecule has 5 nitrogen and oxygen atoms in total. The molecule has 1 amide bonds. The standard InChI is InChI=1S/C25H20FNO4/c26-13-16-5-1-2-6-17(16)14-27-20-8-4-3-7-18(20)25(24(27)28)15-31-21-12-23-22(11-19(21)25)29-9-10-30-23/h1-8,11-12H,9-10,13-15H2. The summed E-state index contributed by atoms with van der Waals surface area (Å²) < 4.78 is 31.1. The molecular formula is C25H20FNO4. The molecule has 1 unspecified atom stereocenters. The highest BCUT2D eigenvalue weighted by Gasteiger charge is 2.57. The normalized spacial score (nSPS) is 20.5. The van der Waals surface area contributed by atoms with Crippen LogP contribution in [0.3, 0.4) is 0 Å². The number of amides is 1. The molecule has 3 aliphatic heterocycles. The number of hydrogen-bond acceptors (Lipinski definition) is 4. The number of hydrogen-bond donors (Lipinski definition) is 0. The van der Waals surface area contributed by atoms with Gasteiger partial charge in [0, 0.05) is 17.3 Å². The molecular weight excluding hydrogens is 397 g/mol. The van der Waals surface area contributed by atoms with E-state index >= 15 is 0 Å². The molecule has 3 aliphatic rings. The first-order valence-electron chi connectivity index (χ1n) is 10.3. The van der Waals surface area contributed by atoms with E-state index in [1.807, 2.05) is 54.6 Å². The predicted octanol–water partition coefficient (Wildman–Crippen LogP) is 4.15. The van der Waals surface area contributed by atoms with Crippen LogP contribution in [0.2, 0.25) is 0 Å². The lowest BCUT2D eigenvalue weighted by atomic mass is 9.77. The van der Waals surface area contributed by atoms with Gasteiger partial charge in [0.2, 0.25) is 5.91 Å². The maximum Gasteiger partial charge on any atom is 0.246 e. The summed E-state index contributed by atoms with van der Waals surface area (Å²) in [5, 5.41) is 0. The van der Waals surface area contributed by atoms with E-state index < -0.39 is 12.1 Å². The number of benzene rings is 3. The molecule has 0 saturated carbocycles. The average molecular weight is 417 g/mol. The summed E-state index contributed by atoms with van der Waals surface area (Å²) in [7, 11) is 0. The van der Waals surface area contributed by atoms with Crippen molar-refractivity contribution in [2.24, 2.45) is 0 Å². The van der Waals surface area contributed by atoms with Crippen molar-refractivity contribution in [2.45, 2.75) is 18.6 Å². The zero-order valence-electron chi connectivity index (χ0n) is 16.8. The molecule has 1 atom stereocenters. The Labute approximate surface area is 179 Å². The summed E-state index contributed by atoms with van der Waals surface area (Å²) in [4.78, 5) is 15.8. The average Bonchev–Trinajstić information content (AvgIpc) is 3.30. The molecule has 1 spiro atoms. The Hall–Kier alpha value is -3.54. The summed E-state index contributed by atoms with van der Waals surface area (Å²) in [5.41, 5.74) is 2.95. The topological polar surface area (TPSA) is 48.0 Å². The Morgan fingerprint density at radius 3 is 2.35 bits per heavy atom. The highest BCUT2D eigenvalue weighted by Crippen LogP contribution is 2.55. The van der Waals surface area contributed by atoms with E-state index in [0.29, 0.717) is 42.6 Å². The highest BCUT2D eigenvalue weighted by atomic mass is 19.1. The monoisotopic (exact) mass is 417 g/mol. The summed E-state index contributed by atoms with van der Waals surface area (Å²) in [6, 6.07) is 18.8. The van der Waals surface area contributed by atoms with Crippen LogP contribution >= 0.6 is 0 Å². The van der Waals surface area contributed by atoms with Gasteiger partial charge in [0.15, 0.2) is 11.5 Å². The summed E-state index contributed by atoms with van der Waals surface area (Å²) in [5.74, 6) is 1.83. The largest absolute Gasteiger partial charge is 0.491 e. The molecule has 0 bridgehead atoms. The number of ether oxygens (including phenoxy) is 3. The van der Waals surface area contributed by atoms with Crippen molar-refractivity contribution < 1.29 is 23.4 Å². The molecule has 0 N–H and O–H groups in total. The molecule has 3 aromatic carbocycles. The molecule has 3 aromatic rings. The number of carbonyl (C=O) groups is 1. The van der Waals surface area contributed by atoms with Crippen LogP contribution in [0.4, 0.5) is 10.1 Å². The Bertz CT molecular complexity index is 1210. The third-order valence-corrected chi connectivity index (χ3v) is 6.40. The minimum absolute atomic E-state index is 0.0715. The summed E-state index contributed by atoms with van der Waals surface area (Å²) >= 11 is 0. The number of nitrogens with zero attached hydrogens (tertiary/aromatic N) is 1. The molecule has 0 radical (unpaired) electrons. The van der Waals surface area contributed by atoms with E-state index in [4.69, 9.17) is 14.2 Å². The summed E-state index contributed by atoms with van der Waals surface area (Å²) in [6.45, 7) is 0.900. The second kappa shape index (κ2) is 6.74. The van der Waals surface area contributed by atoms with Gasteiger partial charge in [-0.05, 0) is 28.8 Å². The zero-order chi connectivity index (χ0) is 21.0. The third-order valence-electron chi connectivity index (χ3n) is 6.40. The van der Waals surface area contributed by atoms with Crippen molar-refractivity contribution in [3.8, 4) is 17.2 Å². The lowest BCUT2D eigenvalue weighted by molar-refractivity contribution is -0.122. The van der Waals surface area contributed by atoms with Gasteiger partial charge in [-0.25, -0.2) is 4.39 Å². The van der Waals surface area contributed by atoms with Gasteiger partial charge in [-0.15, -0.1) is 0 Å². The van der Waals surface area contributed by atoms with E-state index in [2.05, 4.69) is 0 Å². The molecule has 0 saturated heterocycles. The van der Waals surface area contributed by atoms with Crippen LogP contribution in [0.5, 0.6) is 17.2 Å². The van der Waals surface area contributed by atoms with Gasteiger partial charge in [-0.1, -0.05) is 42.5 Å². The van der Waals surface area contributed by atoms with Gasteiger partial charge in [-0.2, -0.15) is 0 Å². The van der Waals surface area contributed by atoms with Gasteiger partial charge in [0.1, 0.15) is 37.7 Å². The number of para-hydroxylation sites is 1. The molecule has 3 heterocycles. The molecule has 6 heteroatoms. The van der Waals surface area contributed by atoms with E-state index in [-0.39, 0.29) is 12.5 Å². The van der Waals surface area contributed by atoms with Crippen LogP contribution in [-0.2, 0) is 23.4 Å². The molecule has 0 fully saturated rings. The van der Waals surface area contributed by atoms with Crippen LogP contribution < -0.4 is 19.1 Å². The first-order valence-corrected chi connectivity index (χ1v) is 10.3. The number of anilines is 1. The lowest BCUT2D eigenvalue weighted by Crippen LogP contribution is -2.42. The van der Waals surface area contributed by atoms with Crippen LogP contribution in [-0.4, -0.2) is 25.7 Å². The fraction of sp³-hybridized carbons (Fsp3) is 0.240. The molecule has 156 valence electrons. The molecule has 0 aromatic heterocycles. The number of rotatable bonds is 3. The van der Waals surface area contributed by atoms with E-state index in [0.717, 1.165) is 22.4 Å². The summed E-state index contributed by atoms with van der Waals surface area (Å²) in [6.07, 6.45) is 0. The van der Waals surface area contributed by atoms with E-state index in [1.165, 1.54) is 0 Å². The van der Waals surface area contributed by atoms with Gasteiger partial charge < -0.3 is 19.1 Å². The second-order valence-corrected chi connectivity index (χ2v) is 8.00. The van der Waals surface area contributed by atoms with Gasteiger partial charge in [-0.3, -0.25) is 4.79 Å². The van der Waals surface area contributed by atoms with E-state index in [9.17, 15) is 9.18 Å². The number of fused-ring (bicyclic) bond motifs is 5. The number of carbonyl (C=O) groups excluding carboxylic acids is 1. The van der Waals surface area contributed by atoms with E-state index in [1.54, 1.807) is 11.0 Å². The highest BCUT2D eigenvalue weighted by molar-refractivity contribution is 6.11. The van der Waals surface area contributed by atoms with Gasteiger partial charge in [0.05, 0.1) is 6.54 Å². The fourth-order valence-electron chi connectivity index (χ4n) is 4.88. The van der Waals surface area contributed by atoms with Crippen molar-refractivity contribution in [3.63, 3.8) is 0 Å². The smallest absolute Gasteiger partial charge is 0.246 e. The van der Waals surface area contributed by atoms with Gasteiger partial charge in [0.25, 0.3) is 0 Å². The van der Waals surface area contributed by atoms with Crippen LogP contribution in [0.1, 0.15) is 22.3 Å². The third kappa shape index (κ3) is 2.51. The molecule has 31 heavy (non-hydrogen) atoms. The second-order valence-electron chi connectivity index (χ2n) is 8.00. The van der Waals surface area contributed by atoms with Crippen LogP contribution in [0.25, 0.3) is 0 Å². The van der Waals surface area contributed by atoms with Crippen molar-refractivity contribution in [1.29, 1.82) is 0 Å². The van der Waals surface area contributed by atoms with Crippen molar-refractivity contribution in [1.82, 2.24) is 0 Å². The lowest BCUT2D eigenvalue weighted by Gasteiger charge is -2.25. The number of alkyl halides is 1. The van der Waals surface area contributed by atoms with Crippen LogP contribution in [0.15, 0.2) is 60.7 Å². The quantitative estimate of drug-likeness (QED) is 0.642. The van der Waals surface area contributed by atoms with Crippen molar-refractivity contribution in [2.75, 3.05) is 24.7 Å². The fourth-order valence-corrected chi connectivity index (χ4v) is 4.88. The Morgan fingerprint density at radius 1 is 0.839 bits per heavy atom.